The van der Waals surface area contributed by atoms with Gasteiger partial charge in [-0.3, -0.25) is 4.90 Å². The lowest BCUT2D eigenvalue weighted by Gasteiger charge is -2.25. The molecule has 1 N–H and O–H groups in total. The molecule has 1 aromatic rings. The molecular weight excluding hydrogens is 204 g/mol. The van der Waals surface area contributed by atoms with Crippen molar-refractivity contribution in [3.8, 4) is 0 Å². The fourth-order valence-corrected chi connectivity index (χ4v) is 1.78. The second-order valence-corrected chi connectivity index (χ2v) is 4.38. The molecule has 1 atom stereocenters. The summed E-state index contributed by atoms with van der Waals surface area (Å²) in [7, 11) is 0. The van der Waals surface area contributed by atoms with E-state index in [0.29, 0.717) is 5.92 Å². The van der Waals surface area contributed by atoms with Crippen LogP contribution in [0.5, 0.6) is 0 Å². The minimum Gasteiger partial charge on any atom is -0.338 e. The van der Waals surface area contributed by atoms with Crippen LogP contribution in [0.2, 0.25) is 0 Å². The molecule has 1 fully saturated rings. The average Bonchev–Trinajstić information content (AvgIpc) is 2.78. The molecule has 1 aromatic heterocycles. The summed E-state index contributed by atoms with van der Waals surface area (Å²) >= 11 is 0. The van der Waals surface area contributed by atoms with E-state index in [0.717, 1.165) is 50.9 Å². The summed E-state index contributed by atoms with van der Waals surface area (Å²) in [6, 6.07) is 0. The average molecular weight is 224 g/mol. The van der Waals surface area contributed by atoms with Gasteiger partial charge in [0.05, 0.1) is 6.54 Å². The van der Waals surface area contributed by atoms with Gasteiger partial charge in [0.2, 0.25) is 5.89 Å². The van der Waals surface area contributed by atoms with Crippen LogP contribution in [0.4, 0.5) is 0 Å². The third-order valence-corrected chi connectivity index (χ3v) is 3.11. The number of rotatable bonds is 4. The summed E-state index contributed by atoms with van der Waals surface area (Å²) in [6.45, 7) is 9.25. The van der Waals surface area contributed by atoms with Crippen molar-refractivity contribution in [2.75, 3.05) is 26.2 Å². The first-order valence-corrected chi connectivity index (χ1v) is 6.05. The quantitative estimate of drug-likeness (QED) is 0.826. The number of hydrogen-bond donors (Lipinski definition) is 1. The lowest BCUT2D eigenvalue weighted by Crippen LogP contribution is -2.42. The van der Waals surface area contributed by atoms with Crippen LogP contribution >= 0.6 is 0 Å². The molecule has 2 rings (SSSR count). The summed E-state index contributed by atoms with van der Waals surface area (Å²) in [6.07, 6.45) is 1.05. The van der Waals surface area contributed by atoms with E-state index in [1.165, 1.54) is 0 Å². The molecular formula is C11H20N4O. The van der Waals surface area contributed by atoms with Gasteiger partial charge >= 0.3 is 0 Å². The molecule has 0 aliphatic carbocycles. The first kappa shape index (κ1) is 11.5. The highest BCUT2D eigenvalue weighted by Gasteiger charge is 2.16. The first-order chi connectivity index (χ1) is 7.79. The molecule has 1 aliphatic rings. The van der Waals surface area contributed by atoms with Crippen LogP contribution < -0.4 is 5.32 Å². The molecule has 5 nitrogen and oxygen atoms in total. The van der Waals surface area contributed by atoms with Crippen molar-refractivity contribution in [3.63, 3.8) is 0 Å². The van der Waals surface area contributed by atoms with E-state index in [-0.39, 0.29) is 0 Å². The van der Waals surface area contributed by atoms with E-state index < -0.39 is 0 Å². The highest BCUT2D eigenvalue weighted by Crippen LogP contribution is 2.15. The third kappa shape index (κ3) is 2.80. The molecule has 0 bridgehead atoms. The van der Waals surface area contributed by atoms with Crippen LogP contribution in [0.25, 0.3) is 0 Å². The van der Waals surface area contributed by atoms with Gasteiger partial charge in [-0.1, -0.05) is 19.0 Å². The first-order valence-electron chi connectivity index (χ1n) is 6.05. The second kappa shape index (κ2) is 5.41. The Hall–Kier alpha value is -0.940. The molecule has 1 saturated heterocycles. The van der Waals surface area contributed by atoms with Gasteiger partial charge in [-0.15, -0.1) is 0 Å². The Morgan fingerprint density at radius 1 is 1.44 bits per heavy atom. The zero-order valence-electron chi connectivity index (χ0n) is 10.1. The number of piperazine rings is 1. The molecule has 0 amide bonds. The fraction of sp³-hybridized carbons (Fsp3) is 0.818. The standard InChI is InChI=1S/C11H20N4O/c1-3-9(2)11-13-10(16-14-11)8-15-6-4-12-5-7-15/h9,12H,3-8H2,1-2H3. The number of nitrogens with one attached hydrogen (secondary N) is 1. The maximum Gasteiger partial charge on any atom is 0.240 e. The highest BCUT2D eigenvalue weighted by molar-refractivity contribution is 4.93. The Bertz CT molecular complexity index is 320. The smallest absolute Gasteiger partial charge is 0.240 e. The van der Waals surface area contributed by atoms with E-state index in [2.05, 4.69) is 34.2 Å². The van der Waals surface area contributed by atoms with Crippen molar-refractivity contribution in [1.29, 1.82) is 0 Å². The number of aromatic nitrogens is 2. The van der Waals surface area contributed by atoms with E-state index in [9.17, 15) is 0 Å². The monoisotopic (exact) mass is 224 g/mol. The summed E-state index contributed by atoms with van der Waals surface area (Å²) in [4.78, 5) is 6.77. The highest BCUT2D eigenvalue weighted by atomic mass is 16.5. The Labute approximate surface area is 96.2 Å². The van der Waals surface area contributed by atoms with Crippen LogP contribution in [-0.2, 0) is 6.54 Å². The van der Waals surface area contributed by atoms with Crippen LogP contribution in [-0.4, -0.2) is 41.2 Å². The largest absolute Gasteiger partial charge is 0.338 e. The molecule has 1 unspecified atom stereocenters. The van der Waals surface area contributed by atoms with Crippen molar-refractivity contribution >= 4 is 0 Å². The third-order valence-electron chi connectivity index (χ3n) is 3.11. The van der Waals surface area contributed by atoms with Crippen molar-refractivity contribution in [2.24, 2.45) is 0 Å². The topological polar surface area (TPSA) is 54.2 Å². The normalized spacial score (nSPS) is 19.9. The van der Waals surface area contributed by atoms with Gasteiger partial charge in [0.15, 0.2) is 5.82 Å². The minimum atomic E-state index is 0.389. The van der Waals surface area contributed by atoms with Gasteiger partial charge in [0.1, 0.15) is 0 Å². The fourth-order valence-electron chi connectivity index (χ4n) is 1.78. The van der Waals surface area contributed by atoms with E-state index in [4.69, 9.17) is 4.52 Å². The van der Waals surface area contributed by atoms with Gasteiger partial charge in [-0.05, 0) is 6.42 Å². The summed E-state index contributed by atoms with van der Waals surface area (Å²) in [5.74, 6) is 1.98. The maximum absolute atomic E-state index is 5.27. The molecule has 90 valence electrons. The van der Waals surface area contributed by atoms with Crippen molar-refractivity contribution in [2.45, 2.75) is 32.7 Å². The predicted molar refractivity (Wildman–Crippen MR) is 61.2 cm³/mol. The SMILES string of the molecule is CCC(C)c1noc(CN2CCNCC2)n1. The van der Waals surface area contributed by atoms with Crippen LogP contribution in [0, 0.1) is 0 Å². The molecule has 2 heterocycles. The van der Waals surface area contributed by atoms with Crippen molar-refractivity contribution in [1.82, 2.24) is 20.4 Å². The lowest BCUT2D eigenvalue weighted by atomic mass is 10.1. The van der Waals surface area contributed by atoms with E-state index in [1.54, 1.807) is 0 Å². The van der Waals surface area contributed by atoms with Gasteiger partial charge < -0.3 is 9.84 Å². The van der Waals surface area contributed by atoms with Gasteiger partial charge in [0.25, 0.3) is 0 Å². The van der Waals surface area contributed by atoms with Crippen LogP contribution in [0.15, 0.2) is 4.52 Å². The number of hydrogen-bond acceptors (Lipinski definition) is 5. The molecule has 5 heteroatoms. The summed E-state index contributed by atoms with van der Waals surface area (Å²) < 4.78 is 5.27. The summed E-state index contributed by atoms with van der Waals surface area (Å²) in [5.41, 5.74) is 0. The molecule has 0 saturated carbocycles. The van der Waals surface area contributed by atoms with Gasteiger partial charge in [0, 0.05) is 32.1 Å². The molecule has 0 spiro atoms. The zero-order chi connectivity index (χ0) is 11.4. The molecule has 1 aliphatic heterocycles. The van der Waals surface area contributed by atoms with E-state index >= 15 is 0 Å². The summed E-state index contributed by atoms with van der Waals surface area (Å²) in [5, 5.41) is 7.35. The molecule has 0 aromatic carbocycles. The maximum atomic E-state index is 5.27. The Morgan fingerprint density at radius 2 is 2.19 bits per heavy atom. The van der Waals surface area contributed by atoms with Crippen LogP contribution in [0.1, 0.15) is 37.9 Å². The Morgan fingerprint density at radius 3 is 2.88 bits per heavy atom. The van der Waals surface area contributed by atoms with Crippen molar-refractivity contribution in [3.05, 3.63) is 11.7 Å². The molecule has 0 radical (unpaired) electrons. The van der Waals surface area contributed by atoms with Gasteiger partial charge in [-0.25, -0.2) is 0 Å². The zero-order valence-corrected chi connectivity index (χ0v) is 10.1. The van der Waals surface area contributed by atoms with Gasteiger partial charge in [-0.2, -0.15) is 4.98 Å². The van der Waals surface area contributed by atoms with Crippen molar-refractivity contribution < 1.29 is 4.52 Å². The number of nitrogens with zero attached hydrogens (tertiary/aromatic N) is 3. The predicted octanol–water partition coefficient (Wildman–Crippen LogP) is 0.988. The Kier molecular flexibility index (Phi) is 3.90. The minimum absolute atomic E-state index is 0.389. The van der Waals surface area contributed by atoms with Crippen LogP contribution in [0.3, 0.4) is 0 Å². The Balaban J connectivity index is 1.91. The lowest BCUT2D eigenvalue weighted by molar-refractivity contribution is 0.203. The second-order valence-electron chi connectivity index (χ2n) is 4.38. The van der Waals surface area contributed by atoms with E-state index in [1.807, 2.05) is 0 Å². The molecule has 16 heavy (non-hydrogen) atoms.